The first-order chi connectivity index (χ1) is 8.79. The molecule has 2 rings (SSSR count). The van der Waals surface area contributed by atoms with E-state index >= 15 is 0 Å². The summed E-state index contributed by atoms with van der Waals surface area (Å²) in [4.78, 5) is 4.12. The summed E-state index contributed by atoms with van der Waals surface area (Å²) in [5.41, 5.74) is 6.88. The molecule has 1 aromatic heterocycles. The summed E-state index contributed by atoms with van der Waals surface area (Å²) in [5.74, 6) is 0.392. The van der Waals surface area contributed by atoms with Crippen molar-refractivity contribution in [1.82, 2.24) is 4.98 Å². The number of nitrogens with two attached hydrogens (primary N) is 1. The van der Waals surface area contributed by atoms with Crippen LogP contribution in [0.2, 0.25) is 0 Å². The summed E-state index contributed by atoms with van der Waals surface area (Å²) in [5, 5.41) is 11.5. The van der Waals surface area contributed by atoms with E-state index in [0.717, 1.165) is 5.56 Å². The van der Waals surface area contributed by atoms with E-state index in [9.17, 15) is 0 Å². The van der Waals surface area contributed by atoms with Crippen molar-refractivity contribution >= 4 is 5.84 Å². The molecule has 0 spiro atoms. The van der Waals surface area contributed by atoms with Crippen LogP contribution in [0.3, 0.4) is 0 Å². The first-order valence-electron chi connectivity index (χ1n) is 5.41. The molecular weight excluding hydrogens is 230 g/mol. The molecule has 0 saturated carbocycles. The molecule has 0 aliphatic rings. The van der Waals surface area contributed by atoms with Crippen LogP contribution < -0.4 is 10.5 Å². The van der Waals surface area contributed by atoms with E-state index in [0.29, 0.717) is 18.2 Å². The largest absolute Gasteiger partial charge is 0.473 e. The lowest BCUT2D eigenvalue weighted by Crippen LogP contribution is -2.15. The molecule has 92 valence electrons. The molecule has 18 heavy (non-hydrogen) atoms. The molecule has 0 amide bonds. The highest BCUT2D eigenvalue weighted by atomic mass is 16.5. The van der Waals surface area contributed by atoms with Gasteiger partial charge in [-0.1, -0.05) is 41.6 Å². The lowest BCUT2D eigenvalue weighted by molar-refractivity contribution is 0.293. The minimum atomic E-state index is -0.0415. The highest BCUT2D eigenvalue weighted by Gasteiger charge is 2.03. The van der Waals surface area contributed by atoms with Gasteiger partial charge in [-0.2, -0.15) is 0 Å². The summed E-state index contributed by atoms with van der Waals surface area (Å²) in [6, 6.07) is 14.9. The molecule has 1 heterocycles. The third-order valence-electron chi connectivity index (χ3n) is 2.32. The van der Waals surface area contributed by atoms with Crippen LogP contribution >= 0.6 is 0 Å². The molecule has 0 bridgehead atoms. The van der Waals surface area contributed by atoms with Gasteiger partial charge in [0.1, 0.15) is 12.3 Å². The lowest BCUT2D eigenvalue weighted by Gasteiger charge is -2.06. The minimum Gasteiger partial charge on any atom is -0.473 e. The van der Waals surface area contributed by atoms with Gasteiger partial charge in [-0.05, 0) is 11.6 Å². The number of hydrogen-bond donors (Lipinski definition) is 2. The quantitative estimate of drug-likeness (QED) is 0.371. The third-order valence-corrected chi connectivity index (χ3v) is 2.32. The smallest absolute Gasteiger partial charge is 0.214 e. The van der Waals surface area contributed by atoms with E-state index in [1.54, 1.807) is 18.2 Å². The third kappa shape index (κ3) is 2.98. The average Bonchev–Trinajstić information content (AvgIpc) is 2.45. The van der Waals surface area contributed by atoms with Crippen molar-refractivity contribution in [1.29, 1.82) is 0 Å². The Bertz CT molecular complexity index is 541. The monoisotopic (exact) mass is 243 g/mol. The zero-order valence-corrected chi connectivity index (χ0v) is 9.65. The Morgan fingerprint density at radius 1 is 1.17 bits per heavy atom. The highest BCUT2D eigenvalue weighted by Crippen LogP contribution is 2.10. The van der Waals surface area contributed by atoms with Crippen LogP contribution in [0.1, 0.15) is 11.3 Å². The van der Waals surface area contributed by atoms with Gasteiger partial charge >= 0.3 is 0 Å². The molecule has 0 unspecified atom stereocenters. The number of ether oxygens (including phenoxy) is 1. The topological polar surface area (TPSA) is 80.7 Å². The molecule has 0 aliphatic heterocycles. The van der Waals surface area contributed by atoms with Crippen LogP contribution in [0.15, 0.2) is 53.7 Å². The summed E-state index contributed by atoms with van der Waals surface area (Å²) >= 11 is 0. The standard InChI is InChI=1S/C13H13N3O2/c14-13(16-17)11-7-4-8-12(15-11)18-9-10-5-2-1-3-6-10/h1-8,17H,9H2,(H2,14,16). The molecule has 3 N–H and O–H groups in total. The van der Waals surface area contributed by atoms with Crippen LogP contribution in [0.4, 0.5) is 0 Å². The number of aromatic nitrogens is 1. The van der Waals surface area contributed by atoms with E-state index in [-0.39, 0.29) is 5.84 Å². The van der Waals surface area contributed by atoms with E-state index in [1.807, 2.05) is 30.3 Å². The highest BCUT2D eigenvalue weighted by molar-refractivity contribution is 5.95. The van der Waals surface area contributed by atoms with Gasteiger partial charge in [0.05, 0.1) is 0 Å². The molecule has 1 aromatic carbocycles. The summed E-state index contributed by atoms with van der Waals surface area (Å²) in [7, 11) is 0. The first-order valence-corrected chi connectivity index (χ1v) is 5.41. The van der Waals surface area contributed by atoms with Gasteiger partial charge < -0.3 is 15.7 Å². The number of pyridine rings is 1. The molecule has 0 fully saturated rings. The fourth-order valence-electron chi connectivity index (χ4n) is 1.42. The maximum absolute atomic E-state index is 8.57. The zero-order valence-electron chi connectivity index (χ0n) is 9.65. The summed E-state index contributed by atoms with van der Waals surface area (Å²) < 4.78 is 5.52. The van der Waals surface area contributed by atoms with E-state index in [2.05, 4.69) is 10.1 Å². The molecule has 2 aromatic rings. The van der Waals surface area contributed by atoms with Crippen LogP contribution in [-0.4, -0.2) is 16.0 Å². The first kappa shape index (κ1) is 11.9. The summed E-state index contributed by atoms with van der Waals surface area (Å²) in [6.07, 6.45) is 0. The summed E-state index contributed by atoms with van der Waals surface area (Å²) in [6.45, 7) is 0.424. The molecule has 0 saturated heterocycles. The molecule has 0 atom stereocenters. The van der Waals surface area contributed by atoms with Crippen molar-refractivity contribution in [2.75, 3.05) is 0 Å². The fraction of sp³-hybridized carbons (Fsp3) is 0.0769. The van der Waals surface area contributed by atoms with Gasteiger partial charge in [-0.25, -0.2) is 4.98 Å². The van der Waals surface area contributed by atoms with Crippen molar-refractivity contribution in [2.45, 2.75) is 6.61 Å². The molecule has 5 nitrogen and oxygen atoms in total. The van der Waals surface area contributed by atoms with Gasteiger partial charge in [-0.15, -0.1) is 0 Å². The van der Waals surface area contributed by atoms with E-state index < -0.39 is 0 Å². The van der Waals surface area contributed by atoms with Gasteiger partial charge in [0, 0.05) is 6.07 Å². The Labute approximate surface area is 105 Å². The number of hydrogen-bond acceptors (Lipinski definition) is 4. The average molecular weight is 243 g/mol. The SMILES string of the molecule is NC(=NO)c1cccc(OCc2ccccc2)n1. The maximum atomic E-state index is 8.57. The van der Waals surface area contributed by atoms with Crippen LogP contribution in [-0.2, 0) is 6.61 Å². The molecular formula is C13H13N3O2. The van der Waals surface area contributed by atoms with Crippen molar-refractivity contribution in [3.8, 4) is 5.88 Å². The minimum absolute atomic E-state index is 0.0415. The zero-order chi connectivity index (χ0) is 12.8. The maximum Gasteiger partial charge on any atom is 0.214 e. The van der Waals surface area contributed by atoms with E-state index in [1.165, 1.54) is 0 Å². The Morgan fingerprint density at radius 2 is 1.94 bits per heavy atom. The van der Waals surface area contributed by atoms with Crippen molar-refractivity contribution in [3.63, 3.8) is 0 Å². The number of rotatable bonds is 4. The van der Waals surface area contributed by atoms with Gasteiger partial charge in [0.25, 0.3) is 0 Å². The molecule has 5 heteroatoms. The number of benzene rings is 1. The Kier molecular flexibility index (Phi) is 3.76. The molecule has 0 radical (unpaired) electrons. The van der Waals surface area contributed by atoms with Gasteiger partial charge in [-0.3, -0.25) is 0 Å². The Hall–Kier alpha value is -2.56. The Morgan fingerprint density at radius 3 is 2.67 bits per heavy atom. The number of oxime groups is 1. The second-order valence-electron chi connectivity index (χ2n) is 3.62. The second kappa shape index (κ2) is 5.67. The fourth-order valence-corrected chi connectivity index (χ4v) is 1.42. The molecule has 0 aliphatic carbocycles. The predicted octanol–water partition coefficient (Wildman–Crippen LogP) is 1.76. The van der Waals surface area contributed by atoms with Crippen LogP contribution in [0.25, 0.3) is 0 Å². The predicted molar refractivity (Wildman–Crippen MR) is 67.5 cm³/mol. The number of nitrogens with zero attached hydrogens (tertiary/aromatic N) is 2. The second-order valence-corrected chi connectivity index (χ2v) is 3.62. The van der Waals surface area contributed by atoms with Gasteiger partial charge in [0.2, 0.25) is 5.88 Å². The number of amidine groups is 1. The van der Waals surface area contributed by atoms with Crippen molar-refractivity contribution < 1.29 is 9.94 Å². The van der Waals surface area contributed by atoms with Crippen LogP contribution in [0, 0.1) is 0 Å². The normalized spacial score (nSPS) is 11.2. The van der Waals surface area contributed by atoms with Crippen LogP contribution in [0.5, 0.6) is 5.88 Å². The Balaban J connectivity index is 2.06. The van der Waals surface area contributed by atoms with Crippen molar-refractivity contribution in [3.05, 3.63) is 59.8 Å². The van der Waals surface area contributed by atoms with Gasteiger partial charge in [0.15, 0.2) is 5.84 Å². The van der Waals surface area contributed by atoms with E-state index in [4.69, 9.17) is 15.7 Å². The lowest BCUT2D eigenvalue weighted by atomic mass is 10.2. The van der Waals surface area contributed by atoms with Crippen molar-refractivity contribution in [2.24, 2.45) is 10.9 Å².